The van der Waals surface area contributed by atoms with Gasteiger partial charge in [-0.15, -0.1) is 0 Å². The molecule has 0 unspecified atom stereocenters. The molecule has 1 aliphatic carbocycles. The van der Waals surface area contributed by atoms with Crippen LogP contribution in [0.15, 0.2) is 53.7 Å². The molecule has 0 spiro atoms. The summed E-state index contributed by atoms with van der Waals surface area (Å²) in [7, 11) is 1.99. The normalized spacial score (nSPS) is 22.1. The lowest BCUT2D eigenvalue weighted by atomic mass is 10.0. The molecule has 10 nitrogen and oxygen atoms in total. The highest BCUT2D eigenvalue weighted by atomic mass is 19.4. The minimum absolute atomic E-state index is 0.118. The topological polar surface area (TPSA) is 108 Å². The number of amides is 3. The van der Waals surface area contributed by atoms with Crippen LogP contribution in [0.3, 0.4) is 0 Å². The van der Waals surface area contributed by atoms with Crippen LogP contribution in [0.4, 0.5) is 23.8 Å². The molecule has 1 aromatic heterocycles. The van der Waals surface area contributed by atoms with Crippen LogP contribution >= 0.6 is 0 Å². The van der Waals surface area contributed by atoms with Crippen LogP contribution in [0.1, 0.15) is 38.5 Å². The van der Waals surface area contributed by atoms with Gasteiger partial charge in [-0.2, -0.15) is 13.2 Å². The maximum Gasteiger partial charge on any atom is 0.416 e. The number of nitrogens with one attached hydrogen (secondary N) is 2. The lowest BCUT2D eigenvalue weighted by molar-refractivity contribution is -0.138. The van der Waals surface area contributed by atoms with Gasteiger partial charge >= 0.3 is 12.2 Å². The molecule has 2 aromatic carbocycles. The second-order valence-corrected chi connectivity index (χ2v) is 11.1. The standard InChI is InChI=1S/C30H27F3N6O4/c1-38-8-10-39(11-9-38)15-17-3-2-16(12-21(17)30(31,32)33)28(40)36-25-24-19-13-18(4-5-22(19)43-26(24)25)42-23-6-7-34-27-20(23)14-35-29(41)37-27/h2-7,12-13,24,26H,8-11,14-15H2,1H3,(H2,34,35,37,41)/t24-,26-/m0/s1. The third-order valence-electron chi connectivity index (χ3n) is 8.16. The van der Waals surface area contributed by atoms with E-state index >= 15 is 0 Å². The molecule has 13 heteroatoms. The number of pyridine rings is 1. The number of benzene rings is 2. The van der Waals surface area contributed by atoms with E-state index in [2.05, 4.69) is 25.5 Å². The highest BCUT2D eigenvalue weighted by molar-refractivity contribution is 6.19. The van der Waals surface area contributed by atoms with E-state index in [0.717, 1.165) is 24.7 Å². The number of piperazine rings is 1. The maximum atomic E-state index is 14.0. The first-order valence-corrected chi connectivity index (χ1v) is 13.9. The Labute approximate surface area is 244 Å². The average molecular weight is 593 g/mol. The molecule has 2 atom stereocenters. The van der Waals surface area contributed by atoms with Gasteiger partial charge in [0.15, 0.2) is 0 Å². The van der Waals surface area contributed by atoms with E-state index in [4.69, 9.17) is 9.47 Å². The maximum absolute atomic E-state index is 14.0. The summed E-state index contributed by atoms with van der Waals surface area (Å²) in [5, 5.41) is 5.33. The smallest absolute Gasteiger partial charge is 0.416 e. The van der Waals surface area contributed by atoms with Crippen molar-refractivity contribution in [1.82, 2.24) is 20.1 Å². The summed E-state index contributed by atoms with van der Waals surface area (Å²) in [4.78, 5) is 37.1. The van der Waals surface area contributed by atoms with Crippen molar-refractivity contribution >= 4 is 23.5 Å². The number of hydrogen-bond donors (Lipinski definition) is 2. The van der Waals surface area contributed by atoms with Gasteiger partial charge in [-0.3, -0.25) is 15.0 Å². The Hall–Kier alpha value is -4.49. The molecular weight excluding hydrogens is 565 g/mol. The molecule has 3 aromatic rings. The highest BCUT2D eigenvalue weighted by Crippen LogP contribution is 2.52. The molecule has 0 radical (unpaired) electrons. The molecule has 7 rings (SSSR count). The van der Waals surface area contributed by atoms with E-state index < -0.39 is 23.8 Å². The number of aromatic nitrogens is 1. The highest BCUT2D eigenvalue weighted by Gasteiger charge is 2.56. The van der Waals surface area contributed by atoms with Crippen molar-refractivity contribution in [3.63, 3.8) is 0 Å². The number of urea groups is 1. The van der Waals surface area contributed by atoms with Crippen LogP contribution in [0.25, 0.3) is 0 Å². The zero-order valence-electron chi connectivity index (χ0n) is 23.1. The number of carbonyl (C=O) groups excluding carboxylic acids is 2. The van der Waals surface area contributed by atoms with E-state index in [1.165, 1.54) is 18.3 Å². The molecule has 3 aliphatic heterocycles. The van der Waals surface area contributed by atoms with Gasteiger partial charge in [-0.05, 0) is 49.0 Å². The molecule has 1 saturated heterocycles. The van der Waals surface area contributed by atoms with Crippen LogP contribution in [-0.4, -0.2) is 71.8 Å². The molecule has 4 heterocycles. The molecule has 1 saturated carbocycles. The van der Waals surface area contributed by atoms with Gasteiger partial charge in [0.05, 0.1) is 29.3 Å². The summed E-state index contributed by atoms with van der Waals surface area (Å²) in [5.74, 6) is 1.06. The predicted molar refractivity (Wildman–Crippen MR) is 150 cm³/mol. The van der Waals surface area contributed by atoms with Crippen LogP contribution in [-0.2, 0) is 19.3 Å². The van der Waals surface area contributed by atoms with E-state index in [1.807, 2.05) is 11.9 Å². The first-order valence-electron chi connectivity index (χ1n) is 13.9. The minimum atomic E-state index is -4.60. The summed E-state index contributed by atoms with van der Waals surface area (Å²) >= 11 is 0. The Morgan fingerprint density at radius 1 is 1.14 bits per heavy atom. The fourth-order valence-electron chi connectivity index (χ4n) is 5.72. The number of fused-ring (bicyclic) bond motifs is 4. The lowest BCUT2D eigenvalue weighted by Crippen LogP contribution is -2.44. The summed E-state index contributed by atoms with van der Waals surface area (Å²) in [6.45, 7) is 3.37. The number of nitrogens with zero attached hydrogens (tertiary/aromatic N) is 4. The molecule has 3 amide bonds. The molecule has 2 fully saturated rings. The van der Waals surface area contributed by atoms with Crippen molar-refractivity contribution in [2.45, 2.75) is 31.3 Å². The Morgan fingerprint density at radius 2 is 1.95 bits per heavy atom. The van der Waals surface area contributed by atoms with Crippen molar-refractivity contribution in [3.8, 4) is 17.2 Å². The molecule has 0 bridgehead atoms. The van der Waals surface area contributed by atoms with Gasteiger partial charge in [0.2, 0.25) is 0 Å². The summed E-state index contributed by atoms with van der Waals surface area (Å²) in [6.07, 6.45) is -3.51. The third kappa shape index (κ3) is 5.30. The number of aliphatic imine (C=N–C) groups is 1. The van der Waals surface area contributed by atoms with E-state index in [1.54, 1.807) is 24.3 Å². The number of halogens is 3. The van der Waals surface area contributed by atoms with E-state index in [0.29, 0.717) is 47.4 Å². The van der Waals surface area contributed by atoms with Gasteiger partial charge in [0.1, 0.15) is 29.2 Å². The molecule has 4 aliphatic rings. The van der Waals surface area contributed by atoms with Gasteiger partial charge in [0.25, 0.3) is 5.91 Å². The number of alkyl halides is 3. The SMILES string of the molecule is CN1CCN(Cc2ccc(C(=O)N=C3[C@H]4Oc5ccc(Oc6ccnc7c6CNC(=O)N7)cc5[C@@H]34)cc2C(F)(F)F)CC1. The summed E-state index contributed by atoms with van der Waals surface area (Å²) < 4.78 is 54.1. The van der Waals surface area contributed by atoms with Gasteiger partial charge in [0, 0.05) is 50.0 Å². The number of hydrogen-bond acceptors (Lipinski definition) is 7. The quantitative estimate of drug-likeness (QED) is 0.452. The van der Waals surface area contributed by atoms with Crippen molar-refractivity contribution < 1.29 is 32.2 Å². The van der Waals surface area contributed by atoms with E-state index in [-0.39, 0.29) is 36.2 Å². The van der Waals surface area contributed by atoms with Gasteiger partial charge in [-0.1, -0.05) is 6.07 Å². The number of likely N-dealkylation sites (N-methyl/N-ethyl adjacent to an activating group) is 1. The minimum Gasteiger partial charge on any atom is -0.483 e. The van der Waals surface area contributed by atoms with Crippen molar-refractivity contribution in [3.05, 3.63) is 76.5 Å². The zero-order valence-corrected chi connectivity index (χ0v) is 23.1. The fraction of sp³-hybridized carbons (Fsp3) is 0.333. The van der Waals surface area contributed by atoms with Crippen LogP contribution in [0.2, 0.25) is 0 Å². The number of carbonyl (C=O) groups is 2. The monoisotopic (exact) mass is 592 g/mol. The molecular formula is C30H27F3N6O4. The first kappa shape index (κ1) is 27.3. The molecule has 222 valence electrons. The Balaban J connectivity index is 1.08. The van der Waals surface area contributed by atoms with Crippen molar-refractivity contribution in [2.75, 3.05) is 38.5 Å². The predicted octanol–water partition coefficient (Wildman–Crippen LogP) is 4.41. The average Bonchev–Trinajstić information content (AvgIpc) is 3.49. The van der Waals surface area contributed by atoms with Crippen LogP contribution in [0.5, 0.6) is 17.2 Å². The van der Waals surface area contributed by atoms with Crippen LogP contribution in [0, 0.1) is 0 Å². The Morgan fingerprint density at radius 3 is 2.74 bits per heavy atom. The second kappa shape index (κ2) is 10.3. The second-order valence-electron chi connectivity index (χ2n) is 11.1. The van der Waals surface area contributed by atoms with Crippen molar-refractivity contribution in [2.24, 2.45) is 4.99 Å². The Kier molecular flexibility index (Phi) is 6.58. The largest absolute Gasteiger partial charge is 0.483 e. The van der Waals surface area contributed by atoms with Crippen molar-refractivity contribution in [1.29, 1.82) is 0 Å². The van der Waals surface area contributed by atoms with Crippen LogP contribution < -0.4 is 20.1 Å². The molecule has 2 N–H and O–H groups in total. The molecule has 43 heavy (non-hydrogen) atoms. The number of rotatable bonds is 5. The lowest BCUT2D eigenvalue weighted by Gasteiger charge is -2.32. The number of ether oxygens (including phenoxy) is 2. The third-order valence-corrected chi connectivity index (χ3v) is 8.16. The zero-order chi connectivity index (χ0) is 29.9. The Bertz CT molecular complexity index is 1670. The first-order chi connectivity index (χ1) is 20.6. The summed E-state index contributed by atoms with van der Waals surface area (Å²) in [6, 6.07) is 10.4. The summed E-state index contributed by atoms with van der Waals surface area (Å²) in [5.41, 5.74) is 1.16. The number of anilines is 1. The van der Waals surface area contributed by atoms with Gasteiger partial charge in [-0.25, -0.2) is 14.8 Å². The van der Waals surface area contributed by atoms with Gasteiger partial charge < -0.3 is 19.7 Å². The van der Waals surface area contributed by atoms with E-state index in [9.17, 15) is 22.8 Å². The fourth-order valence-corrected chi connectivity index (χ4v) is 5.72.